The number of halogens is 2. The quantitative estimate of drug-likeness (QED) is 0.882. The average molecular weight is 285 g/mol. The van der Waals surface area contributed by atoms with E-state index < -0.39 is 0 Å². The first-order valence-corrected chi connectivity index (χ1v) is 7.45. The van der Waals surface area contributed by atoms with Crippen molar-refractivity contribution in [3.05, 3.63) is 28.2 Å². The minimum absolute atomic E-state index is 0.542. The minimum Gasteiger partial charge on any atom is -0.381 e. The van der Waals surface area contributed by atoms with Crippen LogP contribution < -0.4 is 5.32 Å². The summed E-state index contributed by atoms with van der Waals surface area (Å²) in [4.78, 5) is 2.62. The van der Waals surface area contributed by atoms with Gasteiger partial charge in [-0.15, -0.1) is 0 Å². The second kappa shape index (κ2) is 5.28. The number of hydrogen-bond acceptors (Lipinski definition) is 2. The Morgan fingerprint density at radius 1 is 1.00 bits per heavy atom. The van der Waals surface area contributed by atoms with Crippen molar-refractivity contribution in [2.75, 3.05) is 18.4 Å². The van der Waals surface area contributed by atoms with Gasteiger partial charge in [-0.1, -0.05) is 29.6 Å². The lowest BCUT2D eigenvalue weighted by Crippen LogP contribution is -2.41. The van der Waals surface area contributed by atoms with Gasteiger partial charge in [0, 0.05) is 34.4 Å². The molecule has 1 N–H and O–H groups in total. The first-order chi connectivity index (χ1) is 8.72. The van der Waals surface area contributed by atoms with E-state index in [1.807, 2.05) is 12.1 Å². The number of benzene rings is 1. The summed E-state index contributed by atoms with van der Waals surface area (Å²) in [5.74, 6) is 0. The van der Waals surface area contributed by atoms with Crippen LogP contribution >= 0.6 is 23.2 Å². The van der Waals surface area contributed by atoms with Gasteiger partial charge in [-0.05, 0) is 44.0 Å². The van der Waals surface area contributed by atoms with E-state index >= 15 is 0 Å². The highest BCUT2D eigenvalue weighted by Crippen LogP contribution is 2.30. The molecule has 2 aliphatic heterocycles. The Hall–Kier alpha value is -0.440. The summed E-state index contributed by atoms with van der Waals surface area (Å²) in [6.45, 7) is 2.48. The van der Waals surface area contributed by atoms with E-state index in [-0.39, 0.29) is 0 Å². The minimum atomic E-state index is 0.542. The average Bonchev–Trinajstić information content (AvgIpc) is 2.72. The molecule has 0 amide bonds. The van der Waals surface area contributed by atoms with Crippen molar-refractivity contribution in [3.63, 3.8) is 0 Å². The Labute approximate surface area is 118 Å². The summed E-state index contributed by atoms with van der Waals surface area (Å²) in [6, 6.07) is 6.92. The molecule has 2 nitrogen and oxygen atoms in total. The summed E-state index contributed by atoms with van der Waals surface area (Å²) < 4.78 is 0. The number of nitrogens with zero attached hydrogens (tertiary/aromatic N) is 1. The van der Waals surface area contributed by atoms with Crippen molar-refractivity contribution < 1.29 is 0 Å². The van der Waals surface area contributed by atoms with Gasteiger partial charge in [0.25, 0.3) is 0 Å². The molecule has 0 radical (unpaired) electrons. The fraction of sp³-hybridized carbons (Fsp3) is 0.571. The molecule has 2 saturated heterocycles. The summed E-state index contributed by atoms with van der Waals surface area (Å²) in [7, 11) is 0. The van der Waals surface area contributed by atoms with Gasteiger partial charge < -0.3 is 5.32 Å². The van der Waals surface area contributed by atoms with E-state index in [4.69, 9.17) is 23.2 Å². The molecular weight excluding hydrogens is 267 g/mol. The molecule has 0 saturated carbocycles. The zero-order valence-electron chi connectivity index (χ0n) is 10.3. The lowest BCUT2D eigenvalue weighted by molar-refractivity contribution is 0.193. The maximum atomic E-state index is 6.04. The molecule has 18 heavy (non-hydrogen) atoms. The Balaban J connectivity index is 1.72. The molecule has 1 aromatic carbocycles. The fourth-order valence-corrected chi connectivity index (χ4v) is 3.79. The highest BCUT2D eigenvalue weighted by atomic mass is 35.5. The molecular formula is C14H18Cl2N2. The largest absolute Gasteiger partial charge is 0.381 e. The summed E-state index contributed by atoms with van der Waals surface area (Å²) >= 11 is 12.1. The van der Waals surface area contributed by atoms with E-state index in [0.29, 0.717) is 22.1 Å². The van der Waals surface area contributed by atoms with E-state index in [0.717, 1.165) is 5.69 Å². The molecule has 2 fully saturated rings. The number of hydrogen-bond donors (Lipinski definition) is 1. The molecule has 1 aromatic rings. The first-order valence-electron chi connectivity index (χ1n) is 6.69. The third-order valence-electron chi connectivity index (χ3n) is 4.07. The van der Waals surface area contributed by atoms with E-state index in [1.165, 1.54) is 38.8 Å². The van der Waals surface area contributed by atoms with Crippen molar-refractivity contribution in [1.29, 1.82) is 0 Å². The lowest BCUT2D eigenvalue weighted by Gasteiger charge is -2.33. The van der Waals surface area contributed by atoms with Crippen LogP contribution in [0.3, 0.4) is 0 Å². The van der Waals surface area contributed by atoms with Crippen LogP contribution in [0, 0.1) is 0 Å². The summed E-state index contributed by atoms with van der Waals surface area (Å²) in [6.07, 6.45) is 5.24. The highest BCUT2D eigenvalue weighted by molar-refractivity contribution is 6.35. The zero-order valence-corrected chi connectivity index (χ0v) is 11.8. The van der Waals surface area contributed by atoms with Crippen molar-refractivity contribution >= 4 is 28.9 Å². The normalized spacial score (nSPS) is 28.1. The highest BCUT2D eigenvalue weighted by Gasteiger charge is 2.35. The third-order valence-corrected chi connectivity index (χ3v) is 4.51. The molecule has 4 heteroatoms. The topological polar surface area (TPSA) is 15.3 Å². The van der Waals surface area contributed by atoms with Crippen LogP contribution in [0.1, 0.15) is 25.7 Å². The van der Waals surface area contributed by atoms with Gasteiger partial charge in [-0.2, -0.15) is 0 Å². The summed E-state index contributed by atoms with van der Waals surface area (Å²) in [5.41, 5.74) is 1.05. The van der Waals surface area contributed by atoms with Gasteiger partial charge in [0.15, 0.2) is 0 Å². The standard InChI is InChI=1S/C14H18Cl2N2/c15-10-7-11(16)9-12(8-10)17-13-4-6-18-5-2-1-3-14(13)18/h7-9,13-14,17H,1-6H2. The first kappa shape index (κ1) is 12.6. The predicted molar refractivity (Wildman–Crippen MR) is 77.7 cm³/mol. The van der Waals surface area contributed by atoms with Crippen molar-refractivity contribution in [2.45, 2.75) is 37.8 Å². The van der Waals surface area contributed by atoms with E-state index in [2.05, 4.69) is 10.2 Å². The van der Waals surface area contributed by atoms with E-state index in [1.54, 1.807) is 6.07 Å². The van der Waals surface area contributed by atoms with Crippen LogP contribution in [-0.2, 0) is 0 Å². The predicted octanol–water partition coefficient (Wildman–Crippen LogP) is 4.03. The van der Waals surface area contributed by atoms with Crippen molar-refractivity contribution in [3.8, 4) is 0 Å². The van der Waals surface area contributed by atoms with E-state index in [9.17, 15) is 0 Å². The number of fused-ring (bicyclic) bond motifs is 1. The number of anilines is 1. The molecule has 0 aliphatic carbocycles. The van der Waals surface area contributed by atoms with Crippen LogP contribution in [0.2, 0.25) is 10.0 Å². The van der Waals surface area contributed by atoms with Crippen molar-refractivity contribution in [2.24, 2.45) is 0 Å². The second-order valence-electron chi connectivity index (χ2n) is 5.30. The van der Waals surface area contributed by atoms with Crippen LogP contribution in [0.25, 0.3) is 0 Å². The van der Waals surface area contributed by atoms with Gasteiger partial charge in [-0.25, -0.2) is 0 Å². The SMILES string of the molecule is Clc1cc(Cl)cc(NC2CCN3CCCCC23)c1. The smallest absolute Gasteiger partial charge is 0.0441 e. The number of nitrogens with one attached hydrogen (secondary N) is 1. The fourth-order valence-electron chi connectivity index (χ4n) is 3.27. The summed E-state index contributed by atoms with van der Waals surface area (Å²) in [5, 5.41) is 5.01. The number of piperidine rings is 1. The van der Waals surface area contributed by atoms with Gasteiger partial charge >= 0.3 is 0 Å². The Bertz CT molecular complexity index is 416. The molecule has 2 atom stereocenters. The lowest BCUT2D eigenvalue weighted by atomic mass is 9.99. The molecule has 2 aliphatic rings. The Morgan fingerprint density at radius 2 is 1.78 bits per heavy atom. The monoisotopic (exact) mass is 284 g/mol. The Morgan fingerprint density at radius 3 is 2.56 bits per heavy atom. The molecule has 0 spiro atoms. The second-order valence-corrected chi connectivity index (χ2v) is 6.17. The van der Waals surface area contributed by atoms with Crippen LogP contribution in [0.4, 0.5) is 5.69 Å². The van der Waals surface area contributed by atoms with Crippen LogP contribution in [-0.4, -0.2) is 30.1 Å². The van der Waals surface area contributed by atoms with Gasteiger partial charge in [0.1, 0.15) is 0 Å². The third kappa shape index (κ3) is 2.61. The molecule has 3 rings (SSSR count). The van der Waals surface area contributed by atoms with Crippen molar-refractivity contribution in [1.82, 2.24) is 4.90 Å². The molecule has 2 unspecified atom stereocenters. The molecule has 2 heterocycles. The molecule has 98 valence electrons. The maximum absolute atomic E-state index is 6.04. The van der Waals surface area contributed by atoms with Gasteiger partial charge in [0.05, 0.1) is 0 Å². The molecule has 0 bridgehead atoms. The van der Waals surface area contributed by atoms with Crippen LogP contribution in [0.5, 0.6) is 0 Å². The van der Waals surface area contributed by atoms with Crippen LogP contribution in [0.15, 0.2) is 18.2 Å². The van der Waals surface area contributed by atoms with Gasteiger partial charge in [-0.3, -0.25) is 4.90 Å². The maximum Gasteiger partial charge on any atom is 0.0441 e. The zero-order chi connectivity index (χ0) is 12.5. The van der Waals surface area contributed by atoms with Gasteiger partial charge in [0.2, 0.25) is 0 Å². The Kier molecular flexibility index (Phi) is 3.69. The molecule has 0 aromatic heterocycles. The number of rotatable bonds is 2.